The summed E-state index contributed by atoms with van der Waals surface area (Å²) in [6.45, 7) is 3.61. The van der Waals surface area contributed by atoms with Gasteiger partial charge in [-0.2, -0.15) is 4.39 Å². The molecule has 2 aromatic heterocycles. The van der Waals surface area contributed by atoms with Crippen molar-refractivity contribution in [1.29, 1.82) is 0 Å². The number of aryl methyl sites for hydroxylation is 1. The fourth-order valence-corrected chi connectivity index (χ4v) is 3.82. The number of rotatable bonds is 5. The zero-order valence-electron chi connectivity index (χ0n) is 14.9. The van der Waals surface area contributed by atoms with Crippen LogP contribution in [0.1, 0.15) is 45.5 Å². The Bertz CT molecular complexity index is 1120. The van der Waals surface area contributed by atoms with E-state index in [0.717, 1.165) is 21.8 Å². The van der Waals surface area contributed by atoms with Gasteiger partial charge >= 0.3 is 0 Å². The Hall–Kier alpha value is -2.75. The minimum absolute atomic E-state index is 0.0179. The molecule has 148 valence electrons. The van der Waals surface area contributed by atoms with Crippen LogP contribution in [0.3, 0.4) is 0 Å². The van der Waals surface area contributed by atoms with Gasteiger partial charge in [0.1, 0.15) is 11.5 Å². The molecule has 5 nitrogen and oxygen atoms in total. The Balaban J connectivity index is 2.13. The van der Waals surface area contributed by atoms with E-state index < -0.39 is 41.5 Å². The molecule has 0 saturated carbocycles. The number of carbonyl (C=O) groups excluding carboxylic acids is 1. The minimum Gasteiger partial charge on any atom is -0.351 e. The van der Waals surface area contributed by atoms with Crippen LogP contribution in [0.2, 0.25) is 0 Å². The normalized spacial score (nSPS) is 11.4. The average molecular weight is 413 g/mol. The molecule has 0 radical (unpaired) electrons. The molecule has 0 aliphatic rings. The summed E-state index contributed by atoms with van der Waals surface area (Å²) in [5.74, 6) is -2.97. The smallest absolute Gasteiger partial charge is 0.295 e. The van der Waals surface area contributed by atoms with Crippen LogP contribution < -0.4 is 10.9 Å². The average Bonchev–Trinajstić information content (AvgIpc) is 2.97. The molecule has 1 amide bonds. The summed E-state index contributed by atoms with van der Waals surface area (Å²) in [6.07, 6.45) is -3.50. The van der Waals surface area contributed by atoms with Crippen LogP contribution in [-0.4, -0.2) is 21.8 Å². The Morgan fingerprint density at radius 2 is 2.00 bits per heavy atom. The highest BCUT2D eigenvalue weighted by Gasteiger charge is 2.24. The van der Waals surface area contributed by atoms with Crippen LogP contribution in [0.5, 0.6) is 0 Å². The molecule has 3 aromatic rings. The number of nitrogens with one attached hydrogen (secondary N) is 1. The van der Waals surface area contributed by atoms with E-state index in [1.54, 1.807) is 13.8 Å². The number of thiazole rings is 1. The molecule has 0 fully saturated rings. The van der Waals surface area contributed by atoms with Crippen LogP contribution in [-0.2, 0) is 6.42 Å². The number of aromatic nitrogens is 2. The molecule has 10 heteroatoms. The SMILES string of the molecule is CCNC(=O)c1c(C)sc2nc(Cc3cccc(C(F)F)c3F)c(F)c(=O)n12. The van der Waals surface area contributed by atoms with Gasteiger partial charge in [-0.15, -0.1) is 11.3 Å². The predicted octanol–water partition coefficient (Wildman–Crippen LogP) is 3.62. The zero-order chi connectivity index (χ0) is 20.6. The van der Waals surface area contributed by atoms with E-state index in [2.05, 4.69) is 10.3 Å². The lowest BCUT2D eigenvalue weighted by Crippen LogP contribution is -2.30. The van der Waals surface area contributed by atoms with E-state index in [-0.39, 0.29) is 21.9 Å². The van der Waals surface area contributed by atoms with Gasteiger partial charge in [0.2, 0.25) is 5.82 Å². The fourth-order valence-electron chi connectivity index (χ4n) is 2.84. The lowest BCUT2D eigenvalue weighted by molar-refractivity contribution is 0.0949. The van der Waals surface area contributed by atoms with Gasteiger partial charge in [0.25, 0.3) is 17.9 Å². The van der Waals surface area contributed by atoms with Crippen LogP contribution in [0.25, 0.3) is 4.96 Å². The molecule has 0 saturated heterocycles. The van der Waals surface area contributed by atoms with Crippen molar-refractivity contribution in [3.8, 4) is 0 Å². The first kappa shape index (κ1) is 20.0. The van der Waals surface area contributed by atoms with E-state index in [1.165, 1.54) is 12.1 Å². The summed E-state index contributed by atoms with van der Waals surface area (Å²) < 4.78 is 55.5. The number of halogens is 4. The largest absolute Gasteiger partial charge is 0.351 e. The van der Waals surface area contributed by atoms with Crippen molar-refractivity contribution in [3.05, 3.63) is 67.6 Å². The Labute approximate surface area is 160 Å². The van der Waals surface area contributed by atoms with Gasteiger partial charge in [-0.1, -0.05) is 18.2 Å². The van der Waals surface area contributed by atoms with Gasteiger partial charge in [-0.05, 0) is 19.4 Å². The maximum absolute atomic E-state index is 14.7. The molecular weight excluding hydrogens is 398 g/mol. The van der Waals surface area contributed by atoms with Crippen molar-refractivity contribution in [2.75, 3.05) is 6.54 Å². The Morgan fingerprint density at radius 3 is 2.64 bits per heavy atom. The topological polar surface area (TPSA) is 63.5 Å². The van der Waals surface area contributed by atoms with E-state index in [1.807, 2.05) is 0 Å². The second-order valence-corrected chi connectivity index (χ2v) is 7.14. The predicted molar refractivity (Wildman–Crippen MR) is 96.2 cm³/mol. The number of benzene rings is 1. The standard InChI is InChI=1S/C18H15F4N3O2S/c1-3-23-16(26)14-8(2)28-18-24-11(13(20)17(27)25(14)18)7-9-5-4-6-10(12(9)19)15(21)22/h4-6,15H,3,7H2,1-2H3,(H,23,26). The third kappa shape index (κ3) is 3.39. The van der Waals surface area contributed by atoms with Crippen molar-refractivity contribution < 1.29 is 22.4 Å². The molecule has 2 heterocycles. The van der Waals surface area contributed by atoms with Gasteiger partial charge in [0.15, 0.2) is 4.96 Å². The third-order valence-electron chi connectivity index (χ3n) is 4.12. The van der Waals surface area contributed by atoms with Crippen LogP contribution in [0.4, 0.5) is 17.6 Å². The molecule has 1 N–H and O–H groups in total. The van der Waals surface area contributed by atoms with Crippen molar-refractivity contribution in [1.82, 2.24) is 14.7 Å². The Kier molecular flexibility index (Phi) is 5.50. The summed E-state index contributed by atoms with van der Waals surface area (Å²) in [5.41, 5.74) is -2.50. The van der Waals surface area contributed by atoms with Crippen molar-refractivity contribution in [2.45, 2.75) is 26.7 Å². The highest BCUT2D eigenvalue weighted by atomic mass is 32.1. The molecular formula is C18H15F4N3O2S. The maximum atomic E-state index is 14.7. The minimum atomic E-state index is -3.02. The van der Waals surface area contributed by atoms with Gasteiger partial charge in [-0.3, -0.25) is 9.59 Å². The second kappa shape index (κ2) is 7.70. The van der Waals surface area contributed by atoms with E-state index in [9.17, 15) is 27.2 Å². The second-order valence-electron chi connectivity index (χ2n) is 5.96. The Morgan fingerprint density at radius 1 is 1.29 bits per heavy atom. The monoisotopic (exact) mass is 413 g/mol. The maximum Gasteiger partial charge on any atom is 0.295 e. The van der Waals surface area contributed by atoms with E-state index in [0.29, 0.717) is 11.4 Å². The van der Waals surface area contributed by atoms with Crippen molar-refractivity contribution in [2.24, 2.45) is 0 Å². The summed E-state index contributed by atoms with van der Waals surface area (Å²) in [7, 11) is 0. The van der Waals surface area contributed by atoms with E-state index in [4.69, 9.17) is 0 Å². The molecule has 0 spiro atoms. The van der Waals surface area contributed by atoms with Crippen molar-refractivity contribution in [3.63, 3.8) is 0 Å². The molecule has 0 aliphatic carbocycles. The van der Waals surface area contributed by atoms with Gasteiger partial charge in [-0.25, -0.2) is 22.6 Å². The summed E-state index contributed by atoms with van der Waals surface area (Å²) in [5, 5.41) is 2.54. The molecule has 0 bridgehead atoms. The summed E-state index contributed by atoms with van der Waals surface area (Å²) in [4.78, 5) is 29.3. The molecule has 0 aliphatic heterocycles. The molecule has 3 rings (SSSR count). The number of hydrogen-bond donors (Lipinski definition) is 1. The first-order valence-electron chi connectivity index (χ1n) is 8.30. The third-order valence-corrected chi connectivity index (χ3v) is 5.08. The molecule has 0 atom stereocenters. The number of alkyl halides is 2. The highest BCUT2D eigenvalue weighted by molar-refractivity contribution is 7.17. The number of amides is 1. The van der Waals surface area contributed by atoms with Crippen LogP contribution in [0, 0.1) is 18.6 Å². The number of hydrogen-bond acceptors (Lipinski definition) is 4. The van der Waals surface area contributed by atoms with E-state index >= 15 is 0 Å². The summed E-state index contributed by atoms with van der Waals surface area (Å²) >= 11 is 1.00. The molecule has 28 heavy (non-hydrogen) atoms. The summed E-state index contributed by atoms with van der Waals surface area (Å²) in [6, 6.07) is 3.39. The lowest BCUT2D eigenvalue weighted by atomic mass is 10.0. The number of fused-ring (bicyclic) bond motifs is 1. The number of nitrogens with zero attached hydrogens (tertiary/aromatic N) is 2. The quantitative estimate of drug-likeness (QED) is 0.650. The lowest BCUT2D eigenvalue weighted by Gasteiger charge is -2.09. The number of carbonyl (C=O) groups is 1. The molecule has 1 aromatic carbocycles. The van der Waals surface area contributed by atoms with Crippen LogP contribution in [0.15, 0.2) is 23.0 Å². The fraction of sp³-hybridized carbons (Fsp3) is 0.278. The zero-order valence-corrected chi connectivity index (χ0v) is 15.7. The van der Waals surface area contributed by atoms with Gasteiger partial charge in [0.05, 0.1) is 11.3 Å². The van der Waals surface area contributed by atoms with Gasteiger partial charge in [0, 0.05) is 17.8 Å². The van der Waals surface area contributed by atoms with Crippen LogP contribution >= 0.6 is 11.3 Å². The first-order chi connectivity index (χ1) is 13.3. The molecule has 0 unspecified atom stereocenters. The van der Waals surface area contributed by atoms with Gasteiger partial charge < -0.3 is 5.32 Å². The highest BCUT2D eigenvalue weighted by Crippen LogP contribution is 2.26. The van der Waals surface area contributed by atoms with Crippen molar-refractivity contribution >= 4 is 22.2 Å². The first-order valence-corrected chi connectivity index (χ1v) is 9.12.